The minimum absolute atomic E-state index is 0.665. The van der Waals surface area contributed by atoms with E-state index < -0.39 is 0 Å². The van der Waals surface area contributed by atoms with Gasteiger partial charge in [-0.2, -0.15) is 0 Å². The molecule has 0 spiro atoms. The van der Waals surface area contributed by atoms with Crippen molar-refractivity contribution in [1.29, 1.82) is 0 Å². The van der Waals surface area contributed by atoms with Gasteiger partial charge in [0.2, 0.25) is 0 Å². The van der Waals surface area contributed by atoms with E-state index in [2.05, 4.69) is 67.2 Å². The predicted molar refractivity (Wildman–Crippen MR) is 111 cm³/mol. The standard InChI is InChI=1S/C21H27ClN2S/c1-4-8-17(23(2)3)9-7-14-24-18-10-5-6-11-20(18)25-21-13-12-16(22)15-19(21)24/h5-6,10-13,15,17H,4,7-9,14H2,1-3H3. The molecule has 0 fully saturated rings. The smallest absolute Gasteiger partial charge is 0.0567 e. The van der Waals surface area contributed by atoms with Crippen molar-refractivity contribution in [3.05, 3.63) is 47.5 Å². The summed E-state index contributed by atoms with van der Waals surface area (Å²) in [6, 6.07) is 15.6. The monoisotopic (exact) mass is 374 g/mol. The molecule has 2 nitrogen and oxygen atoms in total. The van der Waals surface area contributed by atoms with Crippen molar-refractivity contribution in [1.82, 2.24) is 4.90 Å². The molecule has 1 aliphatic heterocycles. The van der Waals surface area contributed by atoms with Gasteiger partial charge in [0.1, 0.15) is 0 Å². The molecule has 2 aromatic rings. The van der Waals surface area contributed by atoms with Crippen LogP contribution in [0.1, 0.15) is 32.6 Å². The lowest BCUT2D eigenvalue weighted by Crippen LogP contribution is -2.29. The molecular formula is C21H27ClN2S. The lowest BCUT2D eigenvalue weighted by molar-refractivity contribution is 0.259. The van der Waals surface area contributed by atoms with Crippen LogP contribution < -0.4 is 4.90 Å². The number of hydrogen-bond donors (Lipinski definition) is 0. The first kappa shape index (κ1) is 18.6. The number of hydrogen-bond acceptors (Lipinski definition) is 3. The van der Waals surface area contributed by atoms with Crippen molar-refractivity contribution >= 4 is 34.7 Å². The summed E-state index contributed by atoms with van der Waals surface area (Å²) in [4.78, 5) is 7.44. The fourth-order valence-electron chi connectivity index (χ4n) is 3.52. The van der Waals surface area contributed by atoms with E-state index in [4.69, 9.17) is 11.6 Å². The Bertz CT molecular complexity index is 717. The number of halogens is 1. The number of nitrogens with zero attached hydrogens (tertiary/aromatic N) is 2. The third-order valence-electron chi connectivity index (χ3n) is 4.86. The fourth-order valence-corrected chi connectivity index (χ4v) is 4.76. The molecule has 25 heavy (non-hydrogen) atoms. The largest absolute Gasteiger partial charge is 0.340 e. The Balaban J connectivity index is 1.79. The van der Waals surface area contributed by atoms with Gasteiger partial charge in [0.15, 0.2) is 0 Å². The van der Waals surface area contributed by atoms with Crippen molar-refractivity contribution < 1.29 is 0 Å². The highest BCUT2D eigenvalue weighted by molar-refractivity contribution is 7.99. The summed E-state index contributed by atoms with van der Waals surface area (Å²) in [6.45, 7) is 3.30. The summed E-state index contributed by atoms with van der Waals surface area (Å²) in [5, 5.41) is 0.806. The van der Waals surface area contributed by atoms with E-state index in [-0.39, 0.29) is 0 Å². The molecule has 0 N–H and O–H groups in total. The second-order valence-corrected chi connectivity index (χ2v) is 8.40. The molecule has 0 saturated heterocycles. The summed E-state index contributed by atoms with van der Waals surface area (Å²) >= 11 is 8.13. The van der Waals surface area contributed by atoms with Gasteiger partial charge >= 0.3 is 0 Å². The van der Waals surface area contributed by atoms with Crippen LogP contribution in [0.4, 0.5) is 11.4 Å². The summed E-state index contributed by atoms with van der Waals surface area (Å²) < 4.78 is 0. The minimum Gasteiger partial charge on any atom is -0.340 e. The first-order valence-electron chi connectivity index (χ1n) is 9.10. The molecular weight excluding hydrogens is 348 g/mol. The molecule has 3 rings (SSSR count). The molecule has 0 aliphatic carbocycles. The lowest BCUT2D eigenvalue weighted by Gasteiger charge is -2.33. The van der Waals surface area contributed by atoms with Crippen molar-refractivity contribution in [2.45, 2.75) is 48.4 Å². The highest BCUT2D eigenvalue weighted by Gasteiger charge is 2.23. The third kappa shape index (κ3) is 4.33. The summed E-state index contributed by atoms with van der Waals surface area (Å²) in [5.41, 5.74) is 2.55. The van der Waals surface area contributed by atoms with E-state index >= 15 is 0 Å². The Morgan fingerprint density at radius 2 is 1.80 bits per heavy atom. The van der Waals surface area contributed by atoms with Crippen LogP contribution in [0.15, 0.2) is 52.3 Å². The Kier molecular flexibility index (Phi) is 6.32. The van der Waals surface area contributed by atoms with Gasteiger partial charge in [-0.3, -0.25) is 0 Å². The highest BCUT2D eigenvalue weighted by Crippen LogP contribution is 2.48. The third-order valence-corrected chi connectivity index (χ3v) is 6.22. The van der Waals surface area contributed by atoms with Gasteiger partial charge in [0.05, 0.1) is 11.4 Å². The average molecular weight is 375 g/mol. The Hall–Kier alpha value is -1.16. The van der Waals surface area contributed by atoms with Crippen LogP contribution >= 0.6 is 23.4 Å². The zero-order valence-corrected chi connectivity index (χ0v) is 16.9. The zero-order valence-electron chi connectivity index (χ0n) is 15.3. The van der Waals surface area contributed by atoms with Gasteiger partial charge in [-0.25, -0.2) is 0 Å². The maximum Gasteiger partial charge on any atom is 0.0567 e. The average Bonchev–Trinajstić information content (AvgIpc) is 2.60. The summed E-state index contributed by atoms with van der Waals surface area (Å²) in [6.07, 6.45) is 4.91. The molecule has 134 valence electrons. The van der Waals surface area contributed by atoms with E-state index in [0.29, 0.717) is 6.04 Å². The molecule has 1 heterocycles. The maximum atomic E-state index is 6.29. The van der Waals surface area contributed by atoms with Gasteiger partial charge < -0.3 is 9.80 Å². The van der Waals surface area contributed by atoms with Gasteiger partial charge in [0.25, 0.3) is 0 Å². The van der Waals surface area contributed by atoms with Gasteiger partial charge in [0, 0.05) is 27.4 Å². The number of rotatable bonds is 7. The first-order chi connectivity index (χ1) is 12.1. The van der Waals surface area contributed by atoms with Crippen LogP contribution in [0.3, 0.4) is 0 Å². The van der Waals surface area contributed by atoms with Crippen molar-refractivity contribution in [2.24, 2.45) is 0 Å². The van der Waals surface area contributed by atoms with Crippen LogP contribution in [0.5, 0.6) is 0 Å². The van der Waals surface area contributed by atoms with Crippen LogP contribution in [0.25, 0.3) is 0 Å². The lowest BCUT2D eigenvalue weighted by atomic mass is 10.0. The second-order valence-electron chi connectivity index (χ2n) is 6.88. The van der Waals surface area contributed by atoms with Crippen LogP contribution in [0, 0.1) is 0 Å². The fraction of sp³-hybridized carbons (Fsp3) is 0.429. The van der Waals surface area contributed by atoms with E-state index in [9.17, 15) is 0 Å². The van der Waals surface area contributed by atoms with Crippen molar-refractivity contribution in [2.75, 3.05) is 25.5 Å². The van der Waals surface area contributed by atoms with Crippen LogP contribution in [-0.2, 0) is 0 Å². The molecule has 0 radical (unpaired) electrons. The molecule has 0 amide bonds. The normalized spacial score (nSPS) is 14.4. The van der Waals surface area contributed by atoms with Crippen LogP contribution in [0.2, 0.25) is 5.02 Å². The molecule has 1 atom stereocenters. The molecule has 1 aliphatic rings. The second kappa shape index (κ2) is 8.48. The molecule has 0 saturated carbocycles. The number of para-hydroxylation sites is 1. The van der Waals surface area contributed by atoms with Crippen LogP contribution in [-0.4, -0.2) is 31.6 Å². The maximum absolute atomic E-state index is 6.29. The van der Waals surface area contributed by atoms with Gasteiger partial charge in [-0.1, -0.05) is 48.8 Å². The highest BCUT2D eigenvalue weighted by atomic mass is 35.5. The molecule has 2 aromatic carbocycles. The van der Waals surface area contributed by atoms with Crippen molar-refractivity contribution in [3.8, 4) is 0 Å². The van der Waals surface area contributed by atoms with E-state index in [1.54, 1.807) is 0 Å². The SMILES string of the molecule is CCCC(CCCN1c2ccccc2Sc2ccc(Cl)cc21)N(C)C. The summed E-state index contributed by atoms with van der Waals surface area (Å²) in [5.74, 6) is 0. The zero-order chi connectivity index (χ0) is 17.8. The number of benzene rings is 2. The number of fused-ring (bicyclic) bond motifs is 2. The van der Waals surface area contributed by atoms with Crippen molar-refractivity contribution in [3.63, 3.8) is 0 Å². The molecule has 0 aromatic heterocycles. The Labute approximate surface area is 161 Å². The molecule has 1 unspecified atom stereocenters. The van der Waals surface area contributed by atoms with E-state index in [1.807, 2.05) is 17.8 Å². The Morgan fingerprint density at radius 3 is 2.56 bits per heavy atom. The van der Waals surface area contributed by atoms with E-state index in [1.165, 1.54) is 46.8 Å². The quantitative estimate of drug-likeness (QED) is 0.549. The number of anilines is 2. The van der Waals surface area contributed by atoms with Gasteiger partial charge in [-0.05, 0) is 63.7 Å². The predicted octanol–water partition coefficient (Wildman–Crippen LogP) is 6.45. The molecule has 4 heteroatoms. The minimum atomic E-state index is 0.665. The summed E-state index contributed by atoms with van der Waals surface area (Å²) in [7, 11) is 4.39. The Morgan fingerprint density at radius 1 is 1.04 bits per heavy atom. The molecule has 0 bridgehead atoms. The topological polar surface area (TPSA) is 6.48 Å². The van der Waals surface area contributed by atoms with Gasteiger partial charge in [-0.15, -0.1) is 0 Å². The first-order valence-corrected chi connectivity index (χ1v) is 10.3. The van der Waals surface area contributed by atoms with E-state index in [0.717, 1.165) is 11.6 Å².